The third kappa shape index (κ3) is 6.92. The number of sulfone groups is 1. The maximum Gasteiger partial charge on any atom is 0.220 e. The number of amides is 2. The number of rotatable bonds is 10. The van der Waals surface area contributed by atoms with Crippen LogP contribution in [0.5, 0.6) is 17.2 Å². The fourth-order valence-corrected chi connectivity index (χ4v) is 7.21. The number of carbonyl (C=O) groups is 2. The first-order valence-electron chi connectivity index (χ1n) is 13.6. The highest BCUT2D eigenvalue weighted by Gasteiger charge is 2.30. The monoisotopic (exact) mass is 587 g/mol. The van der Waals surface area contributed by atoms with Crippen LogP contribution >= 0.6 is 0 Å². The van der Waals surface area contributed by atoms with Crippen molar-refractivity contribution in [2.24, 2.45) is 0 Å². The van der Waals surface area contributed by atoms with Gasteiger partial charge in [-0.05, 0) is 60.6 Å². The molecule has 1 aliphatic heterocycles. The van der Waals surface area contributed by atoms with E-state index in [0.717, 1.165) is 16.7 Å². The Labute approximate surface area is 239 Å². The number of carbonyl (C=O) groups excluding carboxylic acids is 2. The second-order valence-corrected chi connectivity index (χ2v) is 12.5. The molecule has 2 atom stereocenters. The number of nitrogens with one attached hydrogen (secondary N) is 3. The molecule has 3 N–H and O–H groups in total. The van der Waals surface area contributed by atoms with Crippen LogP contribution in [0.4, 0.5) is 5.69 Å². The van der Waals surface area contributed by atoms with Gasteiger partial charge in [-0.2, -0.15) is 0 Å². The summed E-state index contributed by atoms with van der Waals surface area (Å²) in [5, 5.41) is 8.89. The first-order chi connectivity index (χ1) is 19.6. The molecular formula is C29H37N3O8S. The highest BCUT2D eigenvalue weighted by molar-refractivity contribution is 7.91. The van der Waals surface area contributed by atoms with E-state index in [9.17, 15) is 22.8 Å². The molecule has 4 rings (SSSR count). The molecular weight excluding hydrogens is 550 g/mol. The number of aryl methyl sites for hydroxylation is 1. The van der Waals surface area contributed by atoms with Gasteiger partial charge in [0.05, 0.1) is 44.6 Å². The van der Waals surface area contributed by atoms with Crippen molar-refractivity contribution < 1.29 is 32.2 Å². The molecule has 1 saturated heterocycles. The normalized spacial score (nSPS) is 18.7. The van der Waals surface area contributed by atoms with Gasteiger partial charge in [0.2, 0.25) is 23.0 Å². The Bertz CT molecular complexity index is 1490. The quantitative estimate of drug-likeness (QED) is 0.356. The number of hydrogen-bond acceptors (Lipinski definition) is 9. The minimum Gasteiger partial charge on any atom is -0.493 e. The van der Waals surface area contributed by atoms with Crippen molar-refractivity contribution in [1.29, 1.82) is 0 Å². The van der Waals surface area contributed by atoms with Crippen LogP contribution in [-0.4, -0.2) is 65.7 Å². The summed E-state index contributed by atoms with van der Waals surface area (Å²) in [5.41, 5.74) is 3.18. The molecule has 1 aliphatic carbocycles. The molecule has 0 aromatic heterocycles. The molecule has 41 heavy (non-hydrogen) atoms. The van der Waals surface area contributed by atoms with Crippen LogP contribution < -0.4 is 35.6 Å². The molecule has 11 nitrogen and oxygen atoms in total. The molecule has 0 unspecified atom stereocenters. The van der Waals surface area contributed by atoms with Crippen LogP contribution in [0.2, 0.25) is 0 Å². The Morgan fingerprint density at radius 3 is 2.39 bits per heavy atom. The molecule has 2 amide bonds. The molecule has 2 aromatic carbocycles. The first kappa shape index (κ1) is 30.2. The SMILES string of the molecule is COc1cc2c(c(OC)c1OC)-c1ccc(NCCCC(=O)N[C@@H]3CCS(=O)(=O)C3)c(=O)cc1[C@@H](NC(C)=O)CC2. The third-order valence-corrected chi connectivity index (χ3v) is 9.18. The van der Waals surface area contributed by atoms with Crippen LogP contribution in [0.1, 0.15) is 49.8 Å². The maximum absolute atomic E-state index is 13.4. The predicted molar refractivity (Wildman–Crippen MR) is 156 cm³/mol. The highest BCUT2D eigenvalue weighted by atomic mass is 32.2. The predicted octanol–water partition coefficient (Wildman–Crippen LogP) is 2.36. The van der Waals surface area contributed by atoms with Crippen LogP contribution in [0.15, 0.2) is 29.1 Å². The van der Waals surface area contributed by atoms with Crippen molar-refractivity contribution in [2.45, 2.75) is 51.1 Å². The summed E-state index contributed by atoms with van der Waals surface area (Å²) in [6.45, 7) is 1.81. The number of fused-ring (bicyclic) bond motifs is 3. The van der Waals surface area contributed by atoms with E-state index < -0.39 is 15.9 Å². The Morgan fingerprint density at radius 2 is 1.76 bits per heavy atom. The van der Waals surface area contributed by atoms with Crippen molar-refractivity contribution in [3.05, 3.63) is 45.6 Å². The van der Waals surface area contributed by atoms with E-state index in [0.29, 0.717) is 60.7 Å². The van der Waals surface area contributed by atoms with E-state index in [2.05, 4.69) is 16.0 Å². The summed E-state index contributed by atoms with van der Waals surface area (Å²) in [5.74, 6) is 1.08. The zero-order chi connectivity index (χ0) is 29.7. The van der Waals surface area contributed by atoms with E-state index in [1.165, 1.54) is 20.1 Å². The Kier molecular flexibility index (Phi) is 9.42. The molecule has 0 saturated carbocycles. The van der Waals surface area contributed by atoms with Crippen molar-refractivity contribution in [3.8, 4) is 28.4 Å². The Balaban J connectivity index is 1.61. The minimum atomic E-state index is -3.07. The zero-order valence-electron chi connectivity index (χ0n) is 23.8. The van der Waals surface area contributed by atoms with Crippen molar-refractivity contribution >= 4 is 27.3 Å². The number of ether oxygens (including phenoxy) is 3. The van der Waals surface area contributed by atoms with Gasteiger partial charge in [0.25, 0.3) is 0 Å². The average Bonchev–Trinajstić information content (AvgIpc) is 3.09. The lowest BCUT2D eigenvalue weighted by atomic mass is 9.95. The largest absolute Gasteiger partial charge is 0.493 e. The van der Waals surface area contributed by atoms with Gasteiger partial charge in [-0.3, -0.25) is 14.4 Å². The van der Waals surface area contributed by atoms with Gasteiger partial charge >= 0.3 is 0 Å². The second-order valence-electron chi connectivity index (χ2n) is 10.3. The summed E-state index contributed by atoms with van der Waals surface area (Å²) >= 11 is 0. The van der Waals surface area contributed by atoms with Gasteiger partial charge < -0.3 is 30.2 Å². The van der Waals surface area contributed by atoms with E-state index in [1.54, 1.807) is 20.3 Å². The lowest BCUT2D eigenvalue weighted by Gasteiger charge is -2.19. The van der Waals surface area contributed by atoms with Gasteiger partial charge in [-0.15, -0.1) is 0 Å². The van der Waals surface area contributed by atoms with Crippen LogP contribution in [-0.2, 0) is 25.8 Å². The number of hydrogen-bond donors (Lipinski definition) is 3. The molecule has 0 radical (unpaired) electrons. The van der Waals surface area contributed by atoms with E-state index in [1.807, 2.05) is 12.1 Å². The van der Waals surface area contributed by atoms with E-state index in [4.69, 9.17) is 14.2 Å². The summed E-state index contributed by atoms with van der Waals surface area (Å²) < 4.78 is 40.2. The summed E-state index contributed by atoms with van der Waals surface area (Å²) in [6.07, 6.45) is 2.24. The van der Waals surface area contributed by atoms with Gasteiger partial charge in [0.15, 0.2) is 21.3 Å². The zero-order valence-corrected chi connectivity index (χ0v) is 24.6. The fourth-order valence-electron chi connectivity index (χ4n) is 5.53. The lowest BCUT2D eigenvalue weighted by Crippen LogP contribution is -2.35. The van der Waals surface area contributed by atoms with Crippen LogP contribution in [0.25, 0.3) is 11.1 Å². The number of benzene rings is 1. The molecule has 2 aliphatic rings. The number of anilines is 1. The Morgan fingerprint density at radius 1 is 1.00 bits per heavy atom. The molecule has 0 spiro atoms. The third-order valence-electron chi connectivity index (χ3n) is 7.41. The first-order valence-corrected chi connectivity index (χ1v) is 15.4. The maximum atomic E-state index is 13.4. The van der Waals surface area contributed by atoms with E-state index in [-0.39, 0.29) is 41.2 Å². The number of methoxy groups -OCH3 is 3. The average molecular weight is 588 g/mol. The molecule has 12 heteroatoms. The fraction of sp³-hybridized carbons (Fsp3) is 0.483. The molecule has 222 valence electrons. The van der Waals surface area contributed by atoms with Gasteiger partial charge in [0.1, 0.15) is 0 Å². The molecule has 0 bridgehead atoms. The topological polar surface area (TPSA) is 149 Å². The van der Waals surface area contributed by atoms with Crippen molar-refractivity contribution in [1.82, 2.24) is 10.6 Å². The van der Waals surface area contributed by atoms with E-state index >= 15 is 0 Å². The summed E-state index contributed by atoms with van der Waals surface area (Å²) in [4.78, 5) is 37.7. The standard InChI is InChI=1S/C29H37N3O8S/c1-17(33)31-22-9-7-18-14-25(38-2)28(39-3)29(40-4)27(18)20-8-10-23(24(34)15-21(20)22)30-12-5-6-26(35)32-19-11-13-41(36,37)16-19/h8,10,14-15,19,22H,5-7,9,11-13,16H2,1-4H3,(H,30,34)(H,31,33)(H,32,35)/t19-,22+/m1/s1. The summed E-state index contributed by atoms with van der Waals surface area (Å²) in [7, 11) is 1.56. The van der Waals surface area contributed by atoms with Gasteiger partial charge in [-0.1, -0.05) is 6.07 Å². The Hall–Kier alpha value is -3.80. The summed E-state index contributed by atoms with van der Waals surface area (Å²) in [6, 6.07) is 6.21. The van der Waals surface area contributed by atoms with Crippen molar-refractivity contribution in [3.63, 3.8) is 0 Å². The van der Waals surface area contributed by atoms with Gasteiger partial charge in [-0.25, -0.2) is 8.42 Å². The van der Waals surface area contributed by atoms with Crippen molar-refractivity contribution in [2.75, 3.05) is 44.7 Å². The molecule has 1 fully saturated rings. The molecule has 2 aromatic rings. The smallest absolute Gasteiger partial charge is 0.220 e. The van der Waals surface area contributed by atoms with Gasteiger partial charge in [0, 0.05) is 31.5 Å². The molecule has 1 heterocycles. The van der Waals surface area contributed by atoms with Crippen LogP contribution in [0.3, 0.4) is 0 Å². The second kappa shape index (κ2) is 12.8. The lowest BCUT2D eigenvalue weighted by molar-refractivity contribution is -0.122. The highest BCUT2D eigenvalue weighted by Crippen LogP contribution is 2.50. The minimum absolute atomic E-state index is 0.0201. The van der Waals surface area contributed by atoms with Crippen LogP contribution in [0, 0.1) is 0 Å².